The van der Waals surface area contributed by atoms with Crippen LogP contribution in [0.1, 0.15) is 31.8 Å². The summed E-state index contributed by atoms with van der Waals surface area (Å²) < 4.78 is 4.71. The van der Waals surface area contributed by atoms with Crippen molar-refractivity contribution in [2.45, 2.75) is 13.5 Å². The monoisotopic (exact) mass is 383 g/mol. The molecule has 7 nitrogen and oxygen atoms in total. The van der Waals surface area contributed by atoms with E-state index in [0.717, 1.165) is 11.1 Å². The number of amides is 2. The highest BCUT2D eigenvalue weighted by atomic mass is 16.5. The molecule has 2 aromatic carbocycles. The van der Waals surface area contributed by atoms with Crippen molar-refractivity contribution in [1.82, 2.24) is 10.2 Å². The van der Waals surface area contributed by atoms with Crippen LogP contribution in [-0.2, 0) is 16.1 Å². The van der Waals surface area contributed by atoms with E-state index in [2.05, 4.69) is 10.6 Å². The van der Waals surface area contributed by atoms with Crippen molar-refractivity contribution in [3.05, 3.63) is 64.7 Å². The first-order valence-electron chi connectivity index (χ1n) is 8.82. The van der Waals surface area contributed by atoms with Crippen molar-refractivity contribution in [1.29, 1.82) is 0 Å². The number of anilines is 1. The van der Waals surface area contributed by atoms with E-state index in [-0.39, 0.29) is 18.4 Å². The predicted molar refractivity (Wildman–Crippen MR) is 107 cm³/mol. The maximum absolute atomic E-state index is 12.4. The Morgan fingerprint density at radius 2 is 1.68 bits per heavy atom. The lowest BCUT2D eigenvalue weighted by molar-refractivity contribution is -0.117. The first-order valence-corrected chi connectivity index (χ1v) is 8.82. The van der Waals surface area contributed by atoms with Crippen LogP contribution in [0.4, 0.5) is 5.69 Å². The number of hydrogen-bond acceptors (Lipinski definition) is 5. The van der Waals surface area contributed by atoms with Gasteiger partial charge in [-0.15, -0.1) is 0 Å². The van der Waals surface area contributed by atoms with E-state index >= 15 is 0 Å². The minimum atomic E-state index is -0.451. The van der Waals surface area contributed by atoms with E-state index in [1.807, 2.05) is 31.0 Å². The fourth-order valence-electron chi connectivity index (χ4n) is 2.71. The quantitative estimate of drug-likeness (QED) is 0.716. The summed E-state index contributed by atoms with van der Waals surface area (Å²) in [5.74, 6) is -0.772. The Labute approximate surface area is 164 Å². The van der Waals surface area contributed by atoms with E-state index in [1.54, 1.807) is 37.4 Å². The Hall–Kier alpha value is -3.19. The second-order valence-electron chi connectivity index (χ2n) is 6.52. The molecule has 0 heterocycles. The van der Waals surface area contributed by atoms with Crippen LogP contribution in [0.3, 0.4) is 0 Å². The third-order valence-electron chi connectivity index (χ3n) is 4.24. The zero-order valence-corrected chi connectivity index (χ0v) is 16.5. The number of benzene rings is 2. The predicted octanol–water partition coefficient (Wildman–Crippen LogP) is 2.21. The molecular formula is C21H25N3O4. The minimum absolute atomic E-state index is 0.135. The molecule has 28 heavy (non-hydrogen) atoms. The molecule has 0 saturated carbocycles. The van der Waals surface area contributed by atoms with Gasteiger partial charge in [-0.25, -0.2) is 4.79 Å². The highest BCUT2D eigenvalue weighted by Gasteiger charge is 2.12. The molecule has 0 saturated heterocycles. The van der Waals surface area contributed by atoms with Crippen LogP contribution in [0.2, 0.25) is 0 Å². The largest absolute Gasteiger partial charge is 0.465 e. The topological polar surface area (TPSA) is 87.7 Å². The molecule has 0 radical (unpaired) electrons. The highest BCUT2D eigenvalue weighted by Crippen LogP contribution is 2.17. The lowest BCUT2D eigenvalue weighted by Gasteiger charge is -2.17. The third-order valence-corrected chi connectivity index (χ3v) is 4.24. The molecule has 0 aliphatic rings. The normalized spacial score (nSPS) is 10.5. The van der Waals surface area contributed by atoms with Crippen molar-refractivity contribution in [3.8, 4) is 0 Å². The standard InChI is InChI=1S/C21H25N3O4/c1-14-5-8-17(21(27)28-4)11-18(14)23-19(25)13-24(3)12-15-6-9-16(10-7-15)20(26)22-2/h5-11H,12-13H2,1-4H3,(H,22,26)(H,23,25). The second kappa shape index (κ2) is 9.66. The average molecular weight is 383 g/mol. The van der Waals surface area contributed by atoms with Gasteiger partial charge in [0.05, 0.1) is 19.2 Å². The Morgan fingerprint density at radius 1 is 1.04 bits per heavy atom. The SMILES string of the molecule is CNC(=O)c1ccc(CN(C)CC(=O)Nc2cc(C(=O)OC)ccc2C)cc1. The number of esters is 1. The van der Waals surface area contributed by atoms with Crippen LogP contribution >= 0.6 is 0 Å². The Morgan fingerprint density at radius 3 is 2.29 bits per heavy atom. The van der Waals surface area contributed by atoms with Gasteiger partial charge in [0.25, 0.3) is 5.91 Å². The molecule has 0 aliphatic carbocycles. The maximum atomic E-state index is 12.4. The molecule has 0 bridgehead atoms. The highest BCUT2D eigenvalue weighted by molar-refractivity contribution is 5.96. The van der Waals surface area contributed by atoms with Crippen LogP contribution in [0.5, 0.6) is 0 Å². The number of ether oxygens (including phenoxy) is 1. The van der Waals surface area contributed by atoms with Gasteiger partial charge in [0, 0.05) is 24.8 Å². The molecule has 2 rings (SSSR count). The number of rotatable bonds is 7. The minimum Gasteiger partial charge on any atom is -0.465 e. The van der Waals surface area contributed by atoms with Crippen molar-refractivity contribution < 1.29 is 19.1 Å². The molecule has 0 unspecified atom stereocenters. The maximum Gasteiger partial charge on any atom is 0.337 e. The molecule has 2 amide bonds. The van der Waals surface area contributed by atoms with Crippen LogP contribution < -0.4 is 10.6 Å². The summed E-state index contributed by atoms with van der Waals surface area (Å²) in [6.07, 6.45) is 0. The number of methoxy groups -OCH3 is 1. The average Bonchev–Trinajstić information content (AvgIpc) is 2.68. The van der Waals surface area contributed by atoms with Crippen molar-refractivity contribution in [3.63, 3.8) is 0 Å². The summed E-state index contributed by atoms with van der Waals surface area (Å²) in [7, 11) is 4.74. The van der Waals surface area contributed by atoms with Crippen molar-refractivity contribution in [2.24, 2.45) is 0 Å². The number of likely N-dealkylation sites (N-methyl/N-ethyl adjacent to an activating group) is 1. The van der Waals surface area contributed by atoms with Gasteiger partial charge in [0.1, 0.15) is 0 Å². The van der Waals surface area contributed by atoms with Crippen molar-refractivity contribution >= 4 is 23.5 Å². The molecule has 0 aliphatic heterocycles. The Balaban J connectivity index is 1.95. The summed E-state index contributed by atoms with van der Waals surface area (Å²) in [5.41, 5.74) is 3.40. The molecule has 0 spiro atoms. The lowest BCUT2D eigenvalue weighted by Crippen LogP contribution is -2.30. The fourth-order valence-corrected chi connectivity index (χ4v) is 2.71. The van der Waals surface area contributed by atoms with Gasteiger partial charge in [0.2, 0.25) is 5.91 Å². The van der Waals surface area contributed by atoms with E-state index in [9.17, 15) is 14.4 Å². The van der Waals surface area contributed by atoms with Gasteiger partial charge in [-0.05, 0) is 49.4 Å². The van der Waals surface area contributed by atoms with Crippen LogP contribution in [0, 0.1) is 6.92 Å². The number of carbonyl (C=O) groups excluding carboxylic acids is 3. The van der Waals surface area contributed by atoms with E-state index in [1.165, 1.54) is 7.11 Å². The molecule has 0 fully saturated rings. The van der Waals surface area contributed by atoms with Crippen molar-refractivity contribution in [2.75, 3.05) is 33.1 Å². The number of hydrogen-bond donors (Lipinski definition) is 2. The molecular weight excluding hydrogens is 358 g/mol. The van der Waals surface area contributed by atoms with Gasteiger partial charge in [-0.1, -0.05) is 18.2 Å². The molecule has 7 heteroatoms. The third kappa shape index (κ3) is 5.65. The fraction of sp³-hybridized carbons (Fsp3) is 0.286. The summed E-state index contributed by atoms with van der Waals surface area (Å²) in [5, 5.41) is 5.42. The smallest absolute Gasteiger partial charge is 0.337 e. The first kappa shape index (κ1) is 21.1. The number of nitrogens with one attached hydrogen (secondary N) is 2. The summed E-state index contributed by atoms with van der Waals surface area (Å²) in [4.78, 5) is 37.5. The summed E-state index contributed by atoms with van der Waals surface area (Å²) >= 11 is 0. The second-order valence-corrected chi connectivity index (χ2v) is 6.52. The van der Waals surface area contributed by atoms with Crippen LogP contribution in [0.25, 0.3) is 0 Å². The zero-order valence-electron chi connectivity index (χ0n) is 16.5. The Kier molecular flexibility index (Phi) is 7.28. The van der Waals surface area contributed by atoms with Gasteiger partial charge >= 0.3 is 5.97 Å². The molecule has 148 valence electrons. The van der Waals surface area contributed by atoms with Gasteiger partial charge in [-0.2, -0.15) is 0 Å². The molecule has 2 aromatic rings. The molecule has 0 aromatic heterocycles. The van der Waals surface area contributed by atoms with E-state index in [4.69, 9.17) is 4.74 Å². The summed E-state index contributed by atoms with van der Waals surface area (Å²) in [6.45, 7) is 2.59. The number of nitrogens with zero attached hydrogens (tertiary/aromatic N) is 1. The van der Waals surface area contributed by atoms with Gasteiger partial charge in [-0.3, -0.25) is 14.5 Å². The zero-order chi connectivity index (χ0) is 20.7. The van der Waals surface area contributed by atoms with Crippen LogP contribution in [-0.4, -0.2) is 50.4 Å². The van der Waals surface area contributed by atoms with Gasteiger partial charge < -0.3 is 15.4 Å². The van der Waals surface area contributed by atoms with E-state index in [0.29, 0.717) is 23.4 Å². The van der Waals surface area contributed by atoms with E-state index < -0.39 is 5.97 Å². The molecule has 2 N–H and O–H groups in total. The lowest BCUT2D eigenvalue weighted by atomic mass is 10.1. The first-order chi connectivity index (χ1) is 13.3. The summed E-state index contributed by atoms with van der Waals surface area (Å²) in [6, 6.07) is 12.3. The van der Waals surface area contributed by atoms with Gasteiger partial charge in [0.15, 0.2) is 0 Å². The Bertz CT molecular complexity index is 862. The number of carbonyl (C=O) groups is 3. The number of aryl methyl sites for hydroxylation is 1. The molecule has 0 atom stereocenters. The van der Waals surface area contributed by atoms with Crippen LogP contribution in [0.15, 0.2) is 42.5 Å².